The van der Waals surface area contributed by atoms with Crippen LogP contribution in [0, 0.1) is 5.92 Å². The molecule has 1 heterocycles. The zero-order valence-electron chi connectivity index (χ0n) is 12.3. The predicted octanol–water partition coefficient (Wildman–Crippen LogP) is 2.50. The van der Waals surface area contributed by atoms with Crippen molar-refractivity contribution in [3.8, 4) is 0 Å². The van der Waals surface area contributed by atoms with Gasteiger partial charge in [0, 0.05) is 12.6 Å². The van der Waals surface area contributed by atoms with Crippen molar-refractivity contribution in [2.24, 2.45) is 5.92 Å². The summed E-state index contributed by atoms with van der Waals surface area (Å²) in [6.07, 6.45) is 0.562. The van der Waals surface area contributed by atoms with E-state index in [1.807, 2.05) is 38.1 Å². The van der Waals surface area contributed by atoms with E-state index in [1.54, 1.807) is 11.3 Å². The highest BCUT2D eigenvalue weighted by molar-refractivity contribution is 7.18. The topological polar surface area (TPSA) is 74.2 Å². The maximum absolute atomic E-state index is 11.9. The first-order valence-corrected chi connectivity index (χ1v) is 7.91. The molecule has 2 rings (SSSR count). The minimum absolute atomic E-state index is 0.0228. The number of hydrogen-bond donors (Lipinski definition) is 3. The van der Waals surface area contributed by atoms with Crippen molar-refractivity contribution < 1.29 is 9.90 Å². The van der Waals surface area contributed by atoms with Crippen LogP contribution in [0.3, 0.4) is 0 Å². The number of carbonyl (C=O) groups is 1. The fraction of sp³-hybridized carbons (Fsp3) is 0.467. The van der Waals surface area contributed by atoms with Crippen LogP contribution in [-0.2, 0) is 6.54 Å². The van der Waals surface area contributed by atoms with E-state index in [4.69, 9.17) is 5.11 Å². The number of aliphatic hydroxyl groups excluding tert-OH is 1. The smallest absolute Gasteiger partial charge is 0.315 e. The Kier molecular flexibility index (Phi) is 5.52. The quantitative estimate of drug-likeness (QED) is 0.767. The second kappa shape index (κ2) is 7.38. The van der Waals surface area contributed by atoms with E-state index >= 15 is 0 Å². The van der Waals surface area contributed by atoms with E-state index in [-0.39, 0.29) is 24.6 Å². The summed E-state index contributed by atoms with van der Waals surface area (Å²) < 4.78 is 1.12. The zero-order valence-corrected chi connectivity index (χ0v) is 13.1. The molecule has 114 valence electrons. The highest BCUT2D eigenvalue weighted by atomic mass is 32.1. The molecule has 6 heteroatoms. The van der Waals surface area contributed by atoms with Crippen LogP contribution in [0.2, 0.25) is 0 Å². The first kappa shape index (κ1) is 15.7. The Morgan fingerprint density at radius 1 is 1.38 bits per heavy atom. The van der Waals surface area contributed by atoms with Crippen LogP contribution in [0.15, 0.2) is 24.3 Å². The largest absolute Gasteiger partial charge is 0.396 e. The van der Waals surface area contributed by atoms with Gasteiger partial charge in [-0.05, 0) is 24.5 Å². The number of nitrogens with zero attached hydrogens (tertiary/aromatic N) is 1. The second-order valence-corrected chi connectivity index (χ2v) is 6.38. The third-order valence-corrected chi connectivity index (χ3v) is 4.34. The van der Waals surface area contributed by atoms with Crippen molar-refractivity contribution >= 4 is 27.6 Å². The van der Waals surface area contributed by atoms with Gasteiger partial charge in [0.05, 0.1) is 16.8 Å². The van der Waals surface area contributed by atoms with Gasteiger partial charge in [0.1, 0.15) is 5.01 Å². The molecule has 0 radical (unpaired) electrons. The number of fused-ring (bicyclic) bond motifs is 1. The van der Waals surface area contributed by atoms with E-state index in [0.717, 1.165) is 15.2 Å². The first-order valence-electron chi connectivity index (χ1n) is 7.10. The molecule has 0 aliphatic carbocycles. The van der Waals surface area contributed by atoms with Gasteiger partial charge in [-0.1, -0.05) is 26.0 Å². The van der Waals surface area contributed by atoms with Gasteiger partial charge in [-0.2, -0.15) is 0 Å². The molecule has 0 spiro atoms. The van der Waals surface area contributed by atoms with E-state index in [9.17, 15) is 4.79 Å². The molecule has 0 aliphatic heterocycles. The van der Waals surface area contributed by atoms with Crippen LogP contribution < -0.4 is 10.6 Å². The van der Waals surface area contributed by atoms with Gasteiger partial charge in [-0.25, -0.2) is 9.78 Å². The molecule has 1 aromatic carbocycles. The molecular weight excluding hydrogens is 286 g/mol. The lowest BCUT2D eigenvalue weighted by molar-refractivity contribution is 0.218. The van der Waals surface area contributed by atoms with Crippen LogP contribution in [-0.4, -0.2) is 28.8 Å². The van der Waals surface area contributed by atoms with Crippen molar-refractivity contribution in [1.82, 2.24) is 15.6 Å². The van der Waals surface area contributed by atoms with Crippen molar-refractivity contribution in [3.63, 3.8) is 0 Å². The van der Waals surface area contributed by atoms with Crippen LogP contribution in [0.4, 0.5) is 4.79 Å². The van der Waals surface area contributed by atoms with Crippen molar-refractivity contribution in [2.75, 3.05) is 6.61 Å². The van der Waals surface area contributed by atoms with Crippen molar-refractivity contribution in [1.29, 1.82) is 0 Å². The van der Waals surface area contributed by atoms with Crippen molar-refractivity contribution in [3.05, 3.63) is 29.3 Å². The third-order valence-electron chi connectivity index (χ3n) is 3.30. The number of urea groups is 1. The molecule has 2 aromatic rings. The fourth-order valence-corrected chi connectivity index (χ4v) is 2.99. The summed E-state index contributed by atoms with van der Waals surface area (Å²) in [4.78, 5) is 16.4. The molecule has 2 amide bonds. The minimum atomic E-state index is -0.221. The minimum Gasteiger partial charge on any atom is -0.396 e. The average molecular weight is 307 g/mol. The number of aromatic nitrogens is 1. The summed E-state index contributed by atoms with van der Waals surface area (Å²) in [6.45, 7) is 4.53. The van der Waals surface area contributed by atoms with Gasteiger partial charge in [0.2, 0.25) is 0 Å². The molecule has 0 aliphatic rings. The lowest BCUT2D eigenvalue weighted by Gasteiger charge is -2.21. The number of nitrogens with one attached hydrogen (secondary N) is 2. The van der Waals surface area contributed by atoms with E-state index in [2.05, 4.69) is 15.6 Å². The molecular formula is C15H21N3O2S. The number of amides is 2. The van der Waals surface area contributed by atoms with Gasteiger partial charge in [0.15, 0.2) is 0 Å². The summed E-state index contributed by atoms with van der Waals surface area (Å²) in [5.41, 5.74) is 0.958. The lowest BCUT2D eigenvalue weighted by atomic mass is 10.0. The molecule has 0 saturated carbocycles. The Morgan fingerprint density at radius 2 is 2.14 bits per heavy atom. The number of rotatable bonds is 6. The highest BCUT2D eigenvalue weighted by Gasteiger charge is 2.15. The Hall–Kier alpha value is -1.66. The van der Waals surface area contributed by atoms with Gasteiger partial charge in [-0.15, -0.1) is 11.3 Å². The molecule has 1 unspecified atom stereocenters. The first-order chi connectivity index (χ1) is 10.1. The van der Waals surface area contributed by atoms with Crippen LogP contribution in [0.25, 0.3) is 10.2 Å². The number of aliphatic hydroxyl groups is 1. The summed E-state index contributed by atoms with van der Waals surface area (Å²) in [7, 11) is 0. The van der Waals surface area contributed by atoms with Crippen LogP contribution in [0.1, 0.15) is 25.3 Å². The second-order valence-electron chi connectivity index (χ2n) is 5.27. The van der Waals surface area contributed by atoms with Gasteiger partial charge in [-0.3, -0.25) is 0 Å². The molecule has 5 nitrogen and oxygen atoms in total. The average Bonchev–Trinajstić information content (AvgIpc) is 2.87. The standard InChI is InChI=1S/C15H21N3O2S/c1-10(2)11(7-8-19)18-15(20)16-9-14-17-12-5-3-4-6-13(12)21-14/h3-6,10-11,19H,7-9H2,1-2H3,(H2,16,18,20). The van der Waals surface area contributed by atoms with Gasteiger partial charge < -0.3 is 15.7 Å². The molecule has 21 heavy (non-hydrogen) atoms. The maximum Gasteiger partial charge on any atom is 0.315 e. The van der Waals surface area contributed by atoms with Gasteiger partial charge in [0.25, 0.3) is 0 Å². The van der Waals surface area contributed by atoms with Crippen molar-refractivity contribution in [2.45, 2.75) is 32.9 Å². The molecule has 0 bridgehead atoms. The maximum atomic E-state index is 11.9. The molecule has 1 aromatic heterocycles. The third kappa shape index (κ3) is 4.41. The SMILES string of the molecule is CC(C)C(CCO)NC(=O)NCc1nc2ccccc2s1. The Morgan fingerprint density at radius 3 is 2.81 bits per heavy atom. The summed E-state index contributed by atoms with van der Waals surface area (Å²) in [6, 6.07) is 7.67. The Balaban J connectivity index is 1.88. The normalized spacial score (nSPS) is 12.6. The van der Waals surface area contributed by atoms with Crippen LogP contribution >= 0.6 is 11.3 Å². The highest BCUT2D eigenvalue weighted by Crippen LogP contribution is 2.21. The Bertz CT molecular complexity index is 564. The summed E-state index contributed by atoms with van der Waals surface area (Å²) in [5.74, 6) is 0.283. The number of thiazole rings is 1. The predicted molar refractivity (Wildman–Crippen MR) is 85.3 cm³/mol. The van der Waals surface area contributed by atoms with Gasteiger partial charge >= 0.3 is 6.03 Å². The zero-order chi connectivity index (χ0) is 15.2. The number of benzene rings is 1. The molecule has 0 fully saturated rings. The Labute approximate surface area is 128 Å². The number of hydrogen-bond acceptors (Lipinski definition) is 4. The van der Waals surface area contributed by atoms with E-state index in [1.165, 1.54) is 0 Å². The molecule has 0 saturated heterocycles. The van der Waals surface area contributed by atoms with E-state index in [0.29, 0.717) is 13.0 Å². The number of para-hydroxylation sites is 1. The number of carbonyl (C=O) groups excluding carboxylic acids is 1. The fourth-order valence-electron chi connectivity index (χ4n) is 2.08. The lowest BCUT2D eigenvalue weighted by Crippen LogP contribution is -2.44. The van der Waals surface area contributed by atoms with E-state index < -0.39 is 0 Å². The molecule has 3 N–H and O–H groups in total. The van der Waals surface area contributed by atoms with Crippen LogP contribution in [0.5, 0.6) is 0 Å². The summed E-state index contributed by atoms with van der Waals surface area (Å²) in [5, 5.41) is 15.6. The monoisotopic (exact) mass is 307 g/mol. The summed E-state index contributed by atoms with van der Waals surface area (Å²) >= 11 is 1.58. The molecule has 1 atom stereocenters.